The molecule has 3 saturated carbocycles. The van der Waals surface area contributed by atoms with Crippen LogP contribution in [0, 0.1) is 28.6 Å². The van der Waals surface area contributed by atoms with Gasteiger partial charge in [0.05, 0.1) is 11.5 Å². The predicted molar refractivity (Wildman–Crippen MR) is 136 cm³/mol. The Kier molecular flexibility index (Phi) is 5.37. The molecule has 0 amide bonds. The van der Waals surface area contributed by atoms with Gasteiger partial charge in [-0.15, -0.1) is 0 Å². The first-order chi connectivity index (χ1) is 17.6. The van der Waals surface area contributed by atoms with Crippen LogP contribution in [-0.2, 0) is 28.6 Å². The van der Waals surface area contributed by atoms with Gasteiger partial charge in [-0.3, -0.25) is 9.59 Å². The number of epoxide rings is 1. The molecule has 38 heavy (non-hydrogen) atoms. The van der Waals surface area contributed by atoms with Crippen molar-refractivity contribution in [2.75, 3.05) is 0 Å². The van der Waals surface area contributed by atoms with Gasteiger partial charge in [0.25, 0.3) is 0 Å². The van der Waals surface area contributed by atoms with Crippen LogP contribution < -0.4 is 0 Å². The maximum absolute atomic E-state index is 13.6. The van der Waals surface area contributed by atoms with Crippen LogP contribution in [0.15, 0.2) is 23.3 Å². The smallest absolute Gasteiger partial charge is 0.334 e. The Morgan fingerprint density at radius 1 is 1.16 bits per heavy atom. The van der Waals surface area contributed by atoms with Crippen molar-refractivity contribution in [2.45, 2.75) is 115 Å². The summed E-state index contributed by atoms with van der Waals surface area (Å²) in [7, 11) is 0. The molecule has 2 N–H and O–H groups in total. The summed E-state index contributed by atoms with van der Waals surface area (Å²) >= 11 is 0. The fraction of sp³-hybridized carbons (Fsp3) is 0.767. The maximum atomic E-state index is 13.6. The third-order valence-corrected chi connectivity index (χ3v) is 12.2. The number of aliphatic hydroxyl groups is 2. The van der Waals surface area contributed by atoms with Crippen LogP contribution in [0.4, 0.5) is 0 Å². The third-order valence-electron chi connectivity index (χ3n) is 12.2. The molecule has 208 valence electrons. The lowest BCUT2D eigenvalue weighted by molar-refractivity contribution is -0.253. The van der Waals surface area contributed by atoms with E-state index in [1.165, 1.54) is 6.92 Å². The summed E-state index contributed by atoms with van der Waals surface area (Å²) in [5.74, 6) is -0.670. The molecule has 0 aromatic heterocycles. The van der Waals surface area contributed by atoms with Gasteiger partial charge in [0, 0.05) is 24.3 Å². The second-order valence-electron chi connectivity index (χ2n) is 13.5. The first-order valence-corrected chi connectivity index (χ1v) is 14.0. The van der Waals surface area contributed by atoms with Crippen molar-refractivity contribution in [2.24, 2.45) is 28.6 Å². The molecule has 0 unspecified atom stereocenters. The molecule has 0 aromatic carbocycles. The fourth-order valence-electron chi connectivity index (χ4n) is 9.76. The molecule has 8 heteroatoms. The lowest BCUT2D eigenvalue weighted by atomic mass is 9.43. The predicted octanol–water partition coefficient (Wildman–Crippen LogP) is 3.18. The van der Waals surface area contributed by atoms with Crippen molar-refractivity contribution < 1.29 is 38.8 Å². The largest absolute Gasteiger partial charge is 0.455 e. The fourth-order valence-corrected chi connectivity index (χ4v) is 9.76. The Morgan fingerprint density at radius 3 is 2.50 bits per heavy atom. The molecule has 8 nitrogen and oxygen atoms in total. The quantitative estimate of drug-likeness (QED) is 0.423. The van der Waals surface area contributed by atoms with Crippen LogP contribution in [0.2, 0.25) is 0 Å². The Labute approximate surface area is 223 Å². The summed E-state index contributed by atoms with van der Waals surface area (Å²) in [5, 5.41) is 24.4. The Bertz CT molecular complexity index is 1180. The van der Waals surface area contributed by atoms with E-state index >= 15 is 0 Å². The van der Waals surface area contributed by atoms with E-state index < -0.39 is 51.8 Å². The molecular formula is C30H40O8. The van der Waals surface area contributed by atoms with E-state index in [0.29, 0.717) is 37.7 Å². The minimum Gasteiger partial charge on any atom is -0.455 e. The van der Waals surface area contributed by atoms with Crippen LogP contribution in [0.3, 0.4) is 0 Å². The number of hydrogen-bond donors (Lipinski definition) is 2. The Morgan fingerprint density at radius 2 is 1.84 bits per heavy atom. The number of cyclic esters (lactones) is 1. The van der Waals surface area contributed by atoms with Gasteiger partial charge in [-0.2, -0.15) is 0 Å². The van der Waals surface area contributed by atoms with Gasteiger partial charge in [-0.25, -0.2) is 4.79 Å². The van der Waals surface area contributed by atoms with Crippen LogP contribution >= 0.6 is 0 Å². The number of esters is 2. The van der Waals surface area contributed by atoms with Crippen molar-refractivity contribution >= 4 is 17.7 Å². The van der Waals surface area contributed by atoms with Crippen molar-refractivity contribution in [3.63, 3.8) is 0 Å². The molecule has 11 atom stereocenters. The summed E-state index contributed by atoms with van der Waals surface area (Å²) in [6.07, 6.45) is 5.07. The third kappa shape index (κ3) is 2.89. The molecule has 6 aliphatic rings. The van der Waals surface area contributed by atoms with Crippen LogP contribution in [-0.4, -0.2) is 63.0 Å². The Balaban J connectivity index is 1.34. The molecule has 6 rings (SSSR count). The average Bonchev–Trinajstić information content (AvgIpc) is 3.50. The number of rotatable bonds is 3. The highest BCUT2D eigenvalue weighted by Gasteiger charge is 2.82. The molecule has 0 aromatic rings. The minimum atomic E-state index is -1.65. The van der Waals surface area contributed by atoms with E-state index in [1.54, 1.807) is 26.0 Å². The zero-order chi connectivity index (χ0) is 27.6. The van der Waals surface area contributed by atoms with E-state index in [9.17, 15) is 24.6 Å². The molecular weight excluding hydrogens is 488 g/mol. The number of hydrogen-bond acceptors (Lipinski definition) is 8. The number of carbonyl (C=O) groups excluding carboxylic acids is 3. The Hall–Kier alpha value is -2.03. The lowest BCUT2D eigenvalue weighted by Gasteiger charge is -2.61. The summed E-state index contributed by atoms with van der Waals surface area (Å²) in [5.41, 5.74) is -4.00. The first-order valence-electron chi connectivity index (χ1n) is 14.0. The molecule has 2 heterocycles. The topological polar surface area (TPSA) is 123 Å². The van der Waals surface area contributed by atoms with Crippen LogP contribution in [0.1, 0.15) is 80.1 Å². The zero-order valence-electron chi connectivity index (χ0n) is 23.2. The van der Waals surface area contributed by atoms with Gasteiger partial charge >= 0.3 is 11.9 Å². The van der Waals surface area contributed by atoms with E-state index in [4.69, 9.17) is 14.2 Å². The zero-order valence-corrected chi connectivity index (χ0v) is 23.2. The van der Waals surface area contributed by atoms with Gasteiger partial charge in [0.2, 0.25) is 0 Å². The number of allylic oxidation sites excluding steroid dienone is 1. The second kappa shape index (κ2) is 7.79. The lowest BCUT2D eigenvalue weighted by Crippen LogP contribution is -2.69. The van der Waals surface area contributed by atoms with Crippen molar-refractivity contribution in [3.05, 3.63) is 23.3 Å². The van der Waals surface area contributed by atoms with E-state index in [0.717, 1.165) is 12.0 Å². The molecule has 1 spiro atoms. The molecule has 0 radical (unpaired) electrons. The van der Waals surface area contributed by atoms with E-state index in [2.05, 4.69) is 6.92 Å². The van der Waals surface area contributed by atoms with Crippen LogP contribution in [0.5, 0.6) is 0 Å². The summed E-state index contributed by atoms with van der Waals surface area (Å²) in [6, 6.07) is 0. The van der Waals surface area contributed by atoms with Crippen molar-refractivity contribution in [1.29, 1.82) is 0 Å². The number of ether oxygens (including phenoxy) is 3. The highest BCUT2D eigenvalue weighted by Crippen LogP contribution is 2.74. The SMILES string of the molecule is CC(=O)O[C@H]1C=CC(=O)[C@]2(C)[C@H]3CC[C@@]4(C)[C@@H](CC[C@]4(O)[C@@](C)(O)[C@H]4CC(C)=C(C)C(=O)O4)[C@@H]3C[C@H]3O[C@]132. The molecule has 4 fully saturated rings. The van der Waals surface area contributed by atoms with Crippen molar-refractivity contribution in [3.8, 4) is 0 Å². The normalized spacial score (nSPS) is 50.7. The van der Waals surface area contributed by atoms with Gasteiger partial charge in [-0.05, 0) is 89.7 Å². The van der Waals surface area contributed by atoms with E-state index in [1.807, 2.05) is 13.8 Å². The number of fused-ring (bicyclic) bond motifs is 4. The summed E-state index contributed by atoms with van der Waals surface area (Å²) < 4.78 is 17.7. The van der Waals surface area contributed by atoms with Gasteiger partial charge in [0.15, 0.2) is 11.9 Å². The number of ketones is 1. The molecule has 1 saturated heterocycles. The monoisotopic (exact) mass is 528 g/mol. The van der Waals surface area contributed by atoms with Gasteiger partial charge < -0.3 is 24.4 Å². The summed E-state index contributed by atoms with van der Waals surface area (Å²) in [4.78, 5) is 38.0. The average molecular weight is 529 g/mol. The standard InChI is InChI=1S/C30H40O8/c1-15-13-23(37-25(33)16(15)2)28(6,34)29(35)12-10-19-18-14-24-30(38-24)22(36-17(3)31)8-7-21(32)27(30,5)20(18)9-11-26(19,29)4/h7-8,18-20,22-24,34-35H,9-14H2,1-6H3/t18-,19-,20-,22-,23+,24+,26-,27-,28-,29+,30+/m0/s1. The molecule has 2 aliphatic heterocycles. The minimum absolute atomic E-state index is 0.00229. The van der Waals surface area contributed by atoms with Crippen LogP contribution in [0.25, 0.3) is 0 Å². The second-order valence-corrected chi connectivity index (χ2v) is 13.5. The highest BCUT2D eigenvalue weighted by molar-refractivity contribution is 5.98. The molecule has 4 aliphatic carbocycles. The highest BCUT2D eigenvalue weighted by atomic mass is 16.7. The number of carbonyl (C=O) groups is 3. The maximum Gasteiger partial charge on any atom is 0.334 e. The van der Waals surface area contributed by atoms with Crippen molar-refractivity contribution in [1.82, 2.24) is 0 Å². The molecule has 0 bridgehead atoms. The van der Waals surface area contributed by atoms with E-state index in [-0.39, 0.29) is 29.6 Å². The summed E-state index contributed by atoms with van der Waals surface area (Å²) in [6.45, 7) is 10.6. The van der Waals surface area contributed by atoms with Gasteiger partial charge in [-0.1, -0.05) is 12.5 Å². The van der Waals surface area contributed by atoms with Gasteiger partial charge in [0.1, 0.15) is 22.9 Å². The first kappa shape index (κ1) is 26.2.